The first-order valence-electron chi connectivity index (χ1n) is 8.49. The molecule has 1 heterocycles. The van der Waals surface area contributed by atoms with Crippen LogP contribution >= 0.6 is 0 Å². The molecule has 2 atom stereocenters. The number of amides is 3. The van der Waals surface area contributed by atoms with E-state index >= 15 is 0 Å². The van der Waals surface area contributed by atoms with Crippen LogP contribution in [0, 0.1) is 11.8 Å². The molecule has 0 bridgehead atoms. The summed E-state index contributed by atoms with van der Waals surface area (Å²) in [5.41, 5.74) is 2.99. The smallest absolute Gasteiger partial charge is 0.338 e. The summed E-state index contributed by atoms with van der Waals surface area (Å²) in [5, 5.41) is 0.863. The molecule has 1 saturated carbocycles. The largest absolute Gasteiger partial charge is 0.462 e. The van der Waals surface area contributed by atoms with Gasteiger partial charge in [-0.25, -0.2) is 4.79 Å². The molecule has 0 aromatic heterocycles. The lowest BCUT2D eigenvalue weighted by Crippen LogP contribution is -2.46. The van der Waals surface area contributed by atoms with Crippen molar-refractivity contribution >= 4 is 23.7 Å². The molecule has 1 N–H and O–H groups in total. The first-order chi connectivity index (χ1) is 12.0. The lowest BCUT2D eigenvalue weighted by Gasteiger charge is -2.19. The Morgan fingerprint density at radius 2 is 1.56 bits per heavy atom. The number of nitrogens with zero attached hydrogens (tertiary/aromatic N) is 1. The minimum atomic E-state index is -0.559. The van der Waals surface area contributed by atoms with Gasteiger partial charge in [0.1, 0.15) is 0 Å². The van der Waals surface area contributed by atoms with Crippen molar-refractivity contribution in [3.63, 3.8) is 0 Å². The molecule has 3 rings (SSSR count). The van der Waals surface area contributed by atoms with Gasteiger partial charge < -0.3 is 4.74 Å². The third kappa shape index (κ3) is 3.26. The number of hydrogen-bond acceptors (Lipinski definition) is 5. The Kier molecular flexibility index (Phi) is 4.83. The Morgan fingerprint density at radius 3 is 2.08 bits per heavy atom. The molecule has 1 saturated heterocycles. The van der Waals surface area contributed by atoms with E-state index < -0.39 is 11.9 Å². The number of hydrogen-bond donors (Lipinski definition) is 1. The summed E-state index contributed by atoms with van der Waals surface area (Å²) in [4.78, 5) is 48.7. The third-order valence-electron chi connectivity index (χ3n) is 4.71. The van der Waals surface area contributed by atoms with Crippen LogP contribution in [0.2, 0.25) is 0 Å². The van der Waals surface area contributed by atoms with E-state index in [0.29, 0.717) is 18.4 Å². The fourth-order valence-corrected chi connectivity index (χ4v) is 3.41. The van der Waals surface area contributed by atoms with Crippen LogP contribution in [0.1, 0.15) is 53.3 Å². The molecule has 2 aliphatic rings. The van der Waals surface area contributed by atoms with Gasteiger partial charge >= 0.3 is 5.97 Å². The van der Waals surface area contributed by atoms with E-state index in [4.69, 9.17) is 4.74 Å². The summed E-state index contributed by atoms with van der Waals surface area (Å²) in [5.74, 6) is -2.31. The van der Waals surface area contributed by atoms with Gasteiger partial charge in [-0.3, -0.25) is 19.8 Å². The zero-order valence-electron chi connectivity index (χ0n) is 14.0. The highest BCUT2D eigenvalue weighted by atomic mass is 16.5. The molecular formula is C18H20N2O5. The minimum absolute atomic E-state index is 0.253. The summed E-state index contributed by atoms with van der Waals surface area (Å²) >= 11 is 0. The highest BCUT2D eigenvalue weighted by Crippen LogP contribution is 2.37. The maximum absolute atomic E-state index is 12.4. The predicted octanol–water partition coefficient (Wildman–Crippen LogP) is 1.68. The zero-order valence-corrected chi connectivity index (χ0v) is 14.0. The van der Waals surface area contributed by atoms with E-state index in [1.54, 1.807) is 6.92 Å². The van der Waals surface area contributed by atoms with Gasteiger partial charge in [0.05, 0.1) is 24.0 Å². The van der Waals surface area contributed by atoms with E-state index in [0.717, 1.165) is 17.9 Å². The van der Waals surface area contributed by atoms with Crippen LogP contribution in [0.25, 0.3) is 0 Å². The van der Waals surface area contributed by atoms with Gasteiger partial charge in [-0.15, -0.1) is 0 Å². The van der Waals surface area contributed by atoms with Crippen molar-refractivity contribution in [1.82, 2.24) is 10.4 Å². The minimum Gasteiger partial charge on any atom is -0.462 e. The average molecular weight is 344 g/mol. The van der Waals surface area contributed by atoms with E-state index in [1.807, 2.05) is 0 Å². The Labute approximate surface area is 145 Å². The number of imide groups is 1. The van der Waals surface area contributed by atoms with Gasteiger partial charge in [0.2, 0.25) is 0 Å². The average Bonchev–Trinajstić information content (AvgIpc) is 2.87. The van der Waals surface area contributed by atoms with Gasteiger partial charge in [-0.1, -0.05) is 12.8 Å². The number of rotatable bonds is 4. The number of hydrazine groups is 1. The number of nitrogens with one attached hydrogen (secondary N) is 1. The monoisotopic (exact) mass is 344 g/mol. The van der Waals surface area contributed by atoms with Gasteiger partial charge in [0, 0.05) is 5.56 Å². The molecule has 0 unspecified atom stereocenters. The standard InChI is InChI=1S/C18H20N2O5/c1-2-25-18(24)12-9-7-11(8-10-12)15(21)19-20-16(22)13-5-3-4-6-14(13)17(20)23/h7-10,13-14H,2-6H2,1H3,(H,19,21)/t13-,14+. The van der Waals surface area contributed by atoms with E-state index in [1.165, 1.54) is 24.3 Å². The Bertz CT molecular complexity index is 689. The second-order valence-corrected chi connectivity index (χ2v) is 6.25. The van der Waals surface area contributed by atoms with Gasteiger partial charge in [0.25, 0.3) is 17.7 Å². The molecule has 0 radical (unpaired) electrons. The summed E-state index contributed by atoms with van der Waals surface area (Å²) in [7, 11) is 0. The number of carbonyl (C=O) groups is 4. The lowest BCUT2D eigenvalue weighted by atomic mass is 9.81. The van der Waals surface area contributed by atoms with Crippen molar-refractivity contribution in [2.75, 3.05) is 6.61 Å². The Hall–Kier alpha value is -2.70. The molecule has 25 heavy (non-hydrogen) atoms. The lowest BCUT2D eigenvalue weighted by molar-refractivity contribution is -0.142. The van der Waals surface area contributed by atoms with Gasteiger partial charge in [0.15, 0.2) is 0 Å². The summed E-state index contributed by atoms with van der Waals surface area (Å²) in [6.45, 7) is 1.98. The molecule has 1 aliphatic carbocycles. The van der Waals surface area contributed by atoms with E-state index in [2.05, 4.69) is 5.43 Å². The van der Waals surface area contributed by atoms with Crippen LogP contribution in [0.5, 0.6) is 0 Å². The zero-order chi connectivity index (χ0) is 18.0. The normalized spacial score (nSPS) is 22.5. The van der Waals surface area contributed by atoms with Gasteiger partial charge in [-0.05, 0) is 44.0 Å². The molecule has 3 amide bonds. The van der Waals surface area contributed by atoms with Crippen LogP contribution in [0.15, 0.2) is 24.3 Å². The summed E-state index contributed by atoms with van der Waals surface area (Å²) in [6.07, 6.45) is 3.24. The molecular weight excluding hydrogens is 324 g/mol. The summed E-state index contributed by atoms with van der Waals surface area (Å²) < 4.78 is 4.88. The fourth-order valence-electron chi connectivity index (χ4n) is 3.41. The molecule has 1 aromatic carbocycles. The number of esters is 1. The van der Waals surface area contributed by atoms with Crippen LogP contribution in [0.4, 0.5) is 0 Å². The Morgan fingerprint density at radius 1 is 1.04 bits per heavy atom. The van der Waals surface area contributed by atoms with Crippen LogP contribution < -0.4 is 5.43 Å². The van der Waals surface area contributed by atoms with Crippen molar-refractivity contribution in [2.45, 2.75) is 32.6 Å². The number of fused-ring (bicyclic) bond motifs is 1. The molecule has 7 heteroatoms. The topological polar surface area (TPSA) is 92.8 Å². The van der Waals surface area contributed by atoms with Crippen molar-refractivity contribution in [3.05, 3.63) is 35.4 Å². The molecule has 1 aliphatic heterocycles. The predicted molar refractivity (Wildman–Crippen MR) is 87.2 cm³/mol. The third-order valence-corrected chi connectivity index (χ3v) is 4.71. The summed E-state index contributed by atoms with van der Waals surface area (Å²) in [6, 6.07) is 5.86. The second-order valence-electron chi connectivity index (χ2n) is 6.25. The highest BCUT2D eigenvalue weighted by Gasteiger charge is 2.49. The maximum Gasteiger partial charge on any atom is 0.338 e. The maximum atomic E-state index is 12.4. The van der Waals surface area contributed by atoms with Crippen molar-refractivity contribution < 1.29 is 23.9 Å². The number of carbonyl (C=O) groups excluding carboxylic acids is 4. The Balaban J connectivity index is 1.69. The van der Waals surface area contributed by atoms with E-state index in [-0.39, 0.29) is 35.8 Å². The van der Waals surface area contributed by atoms with Crippen LogP contribution in [0.3, 0.4) is 0 Å². The quantitative estimate of drug-likeness (QED) is 0.663. The SMILES string of the molecule is CCOC(=O)c1ccc(C(=O)NN2C(=O)[C@H]3CCCC[C@H]3C2=O)cc1. The van der Waals surface area contributed by atoms with Gasteiger partial charge in [-0.2, -0.15) is 5.01 Å². The van der Waals surface area contributed by atoms with Crippen molar-refractivity contribution in [2.24, 2.45) is 11.8 Å². The van der Waals surface area contributed by atoms with Crippen LogP contribution in [-0.2, 0) is 14.3 Å². The molecule has 1 aromatic rings. The van der Waals surface area contributed by atoms with Crippen LogP contribution in [-0.4, -0.2) is 35.3 Å². The fraction of sp³-hybridized carbons (Fsp3) is 0.444. The first-order valence-corrected chi connectivity index (χ1v) is 8.49. The number of benzene rings is 1. The van der Waals surface area contributed by atoms with Crippen molar-refractivity contribution in [1.29, 1.82) is 0 Å². The number of ether oxygens (including phenoxy) is 1. The first kappa shape index (κ1) is 17.1. The highest BCUT2D eigenvalue weighted by molar-refractivity contribution is 6.07. The molecule has 0 spiro atoms. The molecule has 7 nitrogen and oxygen atoms in total. The van der Waals surface area contributed by atoms with Crippen molar-refractivity contribution in [3.8, 4) is 0 Å². The molecule has 2 fully saturated rings. The van der Waals surface area contributed by atoms with E-state index in [9.17, 15) is 19.2 Å². The second kappa shape index (κ2) is 7.04. The molecule has 132 valence electrons.